The van der Waals surface area contributed by atoms with Crippen LogP contribution in [0.25, 0.3) is 0 Å². The molecule has 1 amide bonds. The van der Waals surface area contributed by atoms with E-state index >= 15 is 0 Å². The summed E-state index contributed by atoms with van der Waals surface area (Å²) in [4.78, 5) is 33.9. The number of hydrogen-bond donors (Lipinski definition) is 1. The predicted octanol–water partition coefficient (Wildman–Crippen LogP) is 2.47. The first kappa shape index (κ1) is 19.7. The van der Waals surface area contributed by atoms with Gasteiger partial charge in [-0.25, -0.2) is 4.79 Å². The summed E-state index contributed by atoms with van der Waals surface area (Å²) in [6.07, 6.45) is 0. The zero-order chi connectivity index (χ0) is 19.8. The molecule has 0 aliphatic carbocycles. The maximum absolute atomic E-state index is 11.9. The molecule has 0 aliphatic heterocycles. The van der Waals surface area contributed by atoms with E-state index in [1.807, 2.05) is 0 Å². The van der Waals surface area contributed by atoms with Gasteiger partial charge in [0.1, 0.15) is 11.5 Å². The summed E-state index contributed by atoms with van der Waals surface area (Å²) in [7, 11) is 1.54. The van der Waals surface area contributed by atoms with Crippen molar-refractivity contribution < 1.29 is 28.7 Å². The summed E-state index contributed by atoms with van der Waals surface area (Å²) in [5.41, 5.74) is 0.474. The van der Waals surface area contributed by atoms with Crippen molar-refractivity contribution in [3.63, 3.8) is 0 Å². The highest BCUT2D eigenvalue weighted by atomic mass is 16.6. The second-order valence-corrected chi connectivity index (χ2v) is 5.38. The molecule has 0 heterocycles. The Morgan fingerprint density at radius 1 is 1.07 bits per heavy atom. The Morgan fingerprint density at radius 3 is 2.37 bits per heavy atom. The highest BCUT2D eigenvalue weighted by molar-refractivity contribution is 5.94. The summed E-state index contributed by atoms with van der Waals surface area (Å²) < 4.78 is 15.1. The lowest BCUT2D eigenvalue weighted by molar-refractivity contribution is -0.385. The van der Waals surface area contributed by atoms with Gasteiger partial charge in [-0.05, 0) is 37.3 Å². The summed E-state index contributed by atoms with van der Waals surface area (Å²) in [6, 6.07) is 10.9. The van der Waals surface area contributed by atoms with Crippen LogP contribution in [-0.2, 0) is 14.3 Å². The molecular formula is C18H18N2O7. The molecule has 0 aliphatic rings. The monoisotopic (exact) mass is 374 g/mol. The Bertz CT molecular complexity index is 834. The molecule has 1 N–H and O–H groups in total. The quantitative estimate of drug-likeness (QED) is 0.428. The van der Waals surface area contributed by atoms with Gasteiger partial charge in [0.05, 0.1) is 23.3 Å². The Kier molecular flexibility index (Phi) is 6.70. The Labute approximate surface area is 155 Å². The Balaban J connectivity index is 1.80. The summed E-state index contributed by atoms with van der Waals surface area (Å²) in [6.45, 7) is 0.616. The van der Waals surface area contributed by atoms with Gasteiger partial charge in [0.2, 0.25) is 0 Å². The van der Waals surface area contributed by atoms with Gasteiger partial charge >= 0.3 is 5.97 Å². The average Bonchev–Trinajstić information content (AvgIpc) is 2.66. The fourth-order valence-corrected chi connectivity index (χ4v) is 2.14. The molecule has 2 aromatic rings. The number of ether oxygens (including phenoxy) is 3. The Hall–Kier alpha value is -3.62. The second-order valence-electron chi connectivity index (χ2n) is 5.38. The van der Waals surface area contributed by atoms with Gasteiger partial charge < -0.3 is 19.5 Å². The molecule has 0 unspecified atom stereocenters. The van der Waals surface area contributed by atoms with E-state index in [9.17, 15) is 19.7 Å². The molecule has 0 radical (unpaired) electrons. The molecule has 0 fully saturated rings. The van der Waals surface area contributed by atoms with Crippen molar-refractivity contribution in [1.29, 1.82) is 0 Å². The topological polar surface area (TPSA) is 117 Å². The van der Waals surface area contributed by atoms with Crippen molar-refractivity contribution >= 4 is 23.3 Å². The first-order valence-corrected chi connectivity index (χ1v) is 7.87. The number of rotatable bonds is 8. The molecule has 0 spiro atoms. The van der Waals surface area contributed by atoms with Crippen LogP contribution in [-0.4, -0.2) is 37.1 Å². The first-order chi connectivity index (χ1) is 12.9. The van der Waals surface area contributed by atoms with Crippen molar-refractivity contribution in [1.82, 2.24) is 0 Å². The van der Waals surface area contributed by atoms with E-state index in [2.05, 4.69) is 5.32 Å². The SMILES string of the molecule is COc1ccc(OCC(=O)OCC(=O)Nc2cccc([N+](=O)[O-])c2C)cc1. The third-order valence-electron chi connectivity index (χ3n) is 3.56. The van der Waals surface area contributed by atoms with E-state index in [1.54, 1.807) is 24.3 Å². The molecular weight excluding hydrogens is 356 g/mol. The number of esters is 1. The molecule has 0 saturated carbocycles. The van der Waals surface area contributed by atoms with Crippen LogP contribution in [0, 0.1) is 17.0 Å². The van der Waals surface area contributed by atoms with Crippen molar-refractivity contribution in [3.8, 4) is 11.5 Å². The van der Waals surface area contributed by atoms with E-state index in [0.717, 1.165) is 0 Å². The van der Waals surface area contributed by atoms with E-state index < -0.39 is 23.4 Å². The number of anilines is 1. The third-order valence-corrected chi connectivity index (χ3v) is 3.56. The number of carbonyl (C=O) groups excluding carboxylic acids is 2. The van der Waals surface area contributed by atoms with Crippen molar-refractivity contribution in [2.45, 2.75) is 6.92 Å². The van der Waals surface area contributed by atoms with Crippen LogP contribution in [0.3, 0.4) is 0 Å². The van der Waals surface area contributed by atoms with Crippen molar-refractivity contribution in [3.05, 3.63) is 58.1 Å². The second kappa shape index (κ2) is 9.18. The molecule has 27 heavy (non-hydrogen) atoms. The number of carbonyl (C=O) groups is 2. The minimum absolute atomic E-state index is 0.113. The zero-order valence-corrected chi connectivity index (χ0v) is 14.8. The highest BCUT2D eigenvalue weighted by Gasteiger charge is 2.15. The van der Waals surface area contributed by atoms with Crippen molar-refractivity contribution in [2.75, 3.05) is 25.6 Å². The highest BCUT2D eigenvalue weighted by Crippen LogP contribution is 2.24. The average molecular weight is 374 g/mol. The summed E-state index contributed by atoms with van der Waals surface area (Å²) in [5.74, 6) is -0.240. The maximum Gasteiger partial charge on any atom is 0.344 e. The fraction of sp³-hybridized carbons (Fsp3) is 0.222. The smallest absolute Gasteiger partial charge is 0.344 e. The van der Waals surface area contributed by atoms with Gasteiger partial charge in [-0.1, -0.05) is 6.07 Å². The van der Waals surface area contributed by atoms with Crippen molar-refractivity contribution in [2.24, 2.45) is 0 Å². The lowest BCUT2D eigenvalue weighted by atomic mass is 10.1. The molecule has 142 valence electrons. The number of nitrogens with one attached hydrogen (secondary N) is 1. The van der Waals surface area contributed by atoms with Gasteiger partial charge in [-0.2, -0.15) is 0 Å². The minimum atomic E-state index is -0.725. The lowest BCUT2D eigenvalue weighted by Crippen LogP contribution is -2.24. The van der Waals surface area contributed by atoms with Crippen LogP contribution in [0.5, 0.6) is 11.5 Å². The summed E-state index contributed by atoms with van der Waals surface area (Å²) >= 11 is 0. The van der Waals surface area contributed by atoms with E-state index in [-0.39, 0.29) is 18.0 Å². The number of amides is 1. The molecule has 9 heteroatoms. The zero-order valence-electron chi connectivity index (χ0n) is 14.8. The van der Waals surface area contributed by atoms with Gasteiger partial charge in [0, 0.05) is 6.07 Å². The molecule has 0 bridgehead atoms. The van der Waals surface area contributed by atoms with Crippen LogP contribution in [0.4, 0.5) is 11.4 Å². The first-order valence-electron chi connectivity index (χ1n) is 7.87. The fourth-order valence-electron chi connectivity index (χ4n) is 2.14. The van der Waals surface area contributed by atoms with Gasteiger partial charge in [0.15, 0.2) is 13.2 Å². The third kappa shape index (κ3) is 5.70. The number of nitro groups is 1. The molecule has 2 rings (SSSR count). The van der Waals surface area contributed by atoms with Crippen LogP contribution in [0.2, 0.25) is 0 Å². The number of benzene rings is 2. The Morgan fingerprint density at radius 2 is 1.74 bits per heavy atom. The van der Waals surface area contributed by atoms with E-state index in [4.69, 9.17) is 14.2 Å². The van der Waals surface area contributed by atoms with Gasteiger partial charge in [-0.3, -0.25) is 14.9 Å². The molecule has 9 nitrogen and oxygen atoms in total. The standard InChI is InChI=1S/C18H18N2O7/c1-12-15(4-3-5-16(12)20(23)24)19-17(21)10-27-18(22)11-26-14-8-6-13(25-2)7-9-14/h3-9H,10-11H2,1-2H3,(H,19,21). The molecule has 0 aromatic heterocycles. The number of nitrogens with zero attached hydrogens (tertiary/aromatic N) is 1. The lowest BCUT2D eigenvalue weighted by Gasteiger charge is -2.10. The predicted molar refractivity (Wildman–Crippen MR) is 95.9 cm³/mol. The molecule has 0 atom stereocenters. The normalized spacial score (nSPS) is 10.0. The van der Waals surface area contributed by atoms with Gasteiger partial charge in [0.25, 0.3) is 11.6 Å². The van der Waals surface area contributed by atoms with Crippen LogP contribution >= 0.6 is 0 Å². The van der Waals surface area contributed by atoms with Crippen LogP contribution < -0.4 is 14.8 Å². The maximum atomic E-state index is 11.9. The minimum Gasteiger partial charge on any atom is -0.497 e. The number of methoxy groups -OCH3 is 1. The molecule has 2 aromatic carbocycles. The number of hydrogen-bond acceptors (Lipinski definition) is 7. The van der Waals surface area contributed by atoms with Gasteiger partial charge in [-0.15, -0.1) is 0 Å². The largest absolute Gasteiger partial charge is 0.497 e. The van der Waals surface area contributed by atoms with Crippen LogP contribution in [0.1, 0.15) is 5.56 Å². The number of nitro benzene ring substituents is 1. The summed E-state index contributed by atoms with van der Waals surface area (Å²) in [5, 5.41) is 13.4. The van der Waals surface area contributed by atoms with E-state index in [1.165, 1.54) is 32.2 Å². The van der Waals surface area contributed by atoms with Crippen LogP contribution in [0.15, 0.2) is 42.5 Å². The molecule has 0 saturated heterocycles. The van der Waals surface area contributed by atoms with E-state index in [0.29, 0.717) is 17.1 Å².